The molecule has 0 aromatic carbocycles. The van der Waals surface area contributed by atoms with E-state index in [0.29, 0.717) is 4.75 Å². The maximum atomic E-state index is 3.52. The highest BCUT2D eigenvalue weighted by Gasteiger charge is 2.26. The largest absolute Gasteiger partial charge is 0.315 e. The second-order valence-corrected chi connectivity index (χ2v) is 7.45. The molecule has 0 saturated carbocycles. The van der Waals surface area contributed by atoms with E-state index < -0.39 is 0 Å². The highest BCUT2D eigenvalue weighted by Crippen LogP contribution is 2.31. The molecule has 1 saturated heterocycles. The summed E-state index contributed by atoms with van der Waals surface area (Å²) >= 11 is 2.14. The number of nitrogens with one attached hydrogen (secondary N) is 1. The minimum atomic E-state index is 0.476. The molecule has 0 amide bonds. The molecule has 17 heavy (non-hydrogen) atoms. The predicted molar refractivity (Wildman–Crippen MR) is 80.0 cm³/mol. The third-order valence-electron chi connectivity index (χ3n) is 3.64. The highest BCUT2D eigenvalue weighted by molar-refractivity contribution is 8.00. The van der Waals surface area contributed by atoms with Crippen molar-refractivity contribution >= 4 is 11.8 Å². The maximum Gasteiger partial charge on any atom is 0.0220 e. The Morgan fingerprint density at radius 2 is 2.06 bits per heavy atom. The monoisotopic (exact) mass is 258 g/mol. The molecule has 1 aliphatic heterocycles. The number of likely N-dealkylation sites (N-methyl/N-ethyl adjacent to an activating group) is 1. The Balaban J connectivity index is 2.48. The van der Waals surface area contributed by atoms with Gasteiger partial charge in [-0.2, -0.15) is 11.8 Å². The van der Waals surface area contributed by atoms with E-state index in [1.165, 1.54) is 38.1 Å². The first-order chi connectivity index (χ1) is 8.09. The van der Waals surface area contributed by atoms with Crippen molar-refractivity contribution in [2.24, 2.45) is 0 Å². The van der Waals surface area contributed by atoms with Crippen molar-refractivity contribution in [3.63, 3.8) is 0 Å². The van der Waals surface area contributed by atoms with Crippen LogP contribution in [0.3, 0.4) is 0 Å². The fraction of sp³-hybridized carbons (Fsp3) is 1.00. The van der Waals surface area contributed by atoms with E-state index in [4.69, 9.17) is 0 Å². The molecule has 3 heteroatoms. The molecular formula is C14H30N2S. The summed E-state index contributed by atoms with van der Waals surface area (Å²) < 4.78 is 0.476. The molecular weight excluding hydrogens is 228 g/mol. The van der Waals surface area contributed by atoms with Gasteiger partial charge in [-0.05, 0) is 25.9 Å². The van der Waals surface area contributed by atoms with Crippen LogP contribution >= 0.6 is 11.8 Å². The lowest BCUT2D eigenvalue weighted by molar-refractivity contribution is 0.190. The fourth-order valence-electron chi connectivity index (χ4n) is 2.46. The summed E-state index contributed by atoms with van der Waals surface area (Å²) in [5, 5.41) is 3.52. The number of hydrogen-bond donors (Lipinski definition) is 1. The second kappa shape index (κ2) is 7.65. The van der Waals surface area contributed by atoms with Crippen LogP contribution in [0.2, 0.25) is 0 Å². The second-order valence-electron chi connectivity index (χ2n) is 5.64. The van der Waals surface area contributed by atoms with Gasteiger partial charge >= 0.3 is 0 Å². The first-order valence-electron chi connectivity index (χ1n) is 7.17. The van der Waals surface area contributed by atoms with Gasteiger partial charge in [0.05, 0.1) is 0 Å². The van der Waals surface area contributed by atoms with E-state index in [2.05, 4.69) is 49.7 Å². The number of rotatable bonds is 6. The quantitative estimate of drug-likeness (QED) is 0.788. The number of hydrogen-bond acceptors (Lipinski definition) is 3. The molecule has 0 radical (unpaired) electrons. The lowest BCUT2D eigenvalue weighted by Gasteiger charge is -2.31. The average Bonchev–Trinajstić information content (AvgIpc) is 2.46. The van der Waals surface area contributed by atoms with Gasteiger partial charge < -0.3 is 5.32 Å². The smallest absolute Gasteiger partial charge is 0.0220 e. The van der Waals surface area contributed by atoms with Crippen LogP contribution in [0.4, 0.5) is 0 Å². The number of nitrogens with zero attached hydrogens (tertiary/aromatic N) is 1. The zero-order chi connectivity index (χ0) is 12.7. The van der Waals surface area contributed by atoms with E-state index in [-0.39, 0.29) is 0 Å². The Morgan fingerprint density at radius 3 is 2.71 bits per heavy atom. The summed E-state index contributed by atoms with van der Waals surface area (Å²) in [4.78, 5) is 2.72. The van der Waals surface area contributed by atoms with Crippen molar-refractivity contribution in [2.45, 2.75) is 57.7 Å². The Labute approximate surface area is 112 Å². The molecule has 0 spiro atoms. The summed E-state index contributed by atoms with van der Waals surface area (Å²) in [6.07, 6.45) is 3.95. The Bertz CT molecular complexity index is 206. The average molecular weight is 258 g/mol. The van der Waals surface area contributed by atoms with Gasteiger partial charge in [0.25, 0.3) is 0 Å². The maximum absolute atomic E-state index is 3.52. The molecule has 1 N–H and O–H groups in total. The molecule has 1 atom stereocenters. The van der Waals surface area contributed by atoms with E-state index in [1.807, 2.05) is 0 Å². The highest BCUT2D eigenvalue weighted by atomic mass is 32.2. The predicted octanol–water partition coefficient (Wildman–Crippen LogP) is 2.98. The minimum absolute atomic E-state index is 0.476. The summed E-state index contributed by atoms with van der Waals surface area (Å²) in [5.41, 5.74) is 0. The van der Waals surface area contributed by atoms with Crippen molar-refractivity contribution in [3.05, 3.63) is 0 Å². The zero-order valence-corrected chi connectivity index (χ0v) is 12.9. The van der Waals surface area contributed by atoms with Gasteiger partial charge in [-0.1, -0.05) is 34.1 Å². The van der Waals surface area contributed by atoms with Crippen LogP contribution in [-0.2, 0) is 0 Å². The lowest BCUT2D eigenvalue weighted by atomic mass is 10.1. The summed E-state index contributed by atoms with van der Waals surface area (Å²) in [5.74, 6) is 1.29. The molecule has 0 bridgehead atoms. The SMILES string of the molecule is CCCC(CNCC)N1CCSC(C)(C)CC1. The zero-order valence-electron chi connectivity index (χ0n) is 12.1. The van der Waals surface area contributed by atoms with Crippen molar-refractivity contribution in [2.75, 3.05) is 31.9 Å². The van der Waals surface area contributed by atoms with Crippen molar-refractivity contribution < 1.29 is 0 Å². The summed E-state index contributed by atoms with van der Waals surface area (Å²) in [6, 6.07) is 0.745. The van der Waals surface area contributed by atoms with E-state index in [1.54, 1.807) is 0 Å². The Morgan fingerprint density at radius 1 is 1.29 bits per heavy atom. The van der Waals surface area contributed by atoms with Gasteiger partial charge in [0.1, 0.15) is 0 Å². The normalized spacial score (nSPS) is 23.3. The Kier molecular flexibility index (Phi) is 6.90. The minimum Gasteiger partial charge on any atom is -0.315 e. The van der Waals surface area contributed by atoms with Crippen molar-refractivity contribution in [1.82, 2.24) is 10.2 Å². The molecule has 1 heterocycles. The first-order valence-corrected chi connectivity index (χ1v) is 8.16. The van der Waals surface area contributed by atoms with Gasteiger partial charge in [-0.3, -0.25) is 4.90 Å². The lowest BCUT2D eigenvalue weighted by Crippen LogP contribution is -2.43. The third-order valence-corrected chi connectivity index (χ3v) is 5.01. The number of thioether (sulfide) groups is 1. The molecule has 102 valence electrons. The molecule has 1 fully saturated rings. The topological polar surface area (TPSA) is 15.3 Å². The first kappa shape index (κ1) is 15.3. The van der Waals surface area contributed by atoms with Crippen LogP contribution in [0.25, 0.3) is 0 Å². The molecule has 1 unspecified atom stereocenters. The van der Waals surface area contributed by atoms with Crippen LogP contribution < -0.4 is 5.32 Å². The van der Waals surface area contributed by atoms with Crippen LogP contribution in [0.15, 0.2) is 0 Å². The van der Waals surface area contributed by atoms with Crippen LogP contribution in [-0.4, -0.2) is 47.6 Å². The molecule has 1 aliphatic rings. The van der Waals surface area contributed by atoms with Crippen LogP contribution in [0, 0.1) is 0 Å². The standard InChI is InChI=1S/C14H30N2S/c1-5-7-13(12-15-6-2)16-9-8-14(3,4)17-11-10-16/h13,15H,5-12H2,1-4H3. The van der Waals surface area contributed by atoms with Crippen molar-refractivity contribution in [1.29, 1.82) is 0 Å². The van der Waals surface area contributed by atoms with Gasteiger partial charge in [-0.25, -0.2) is 0 Å². The molecule has 0 aliphatic carbocycles. The van der Waals surface area contributed by atoms with Gasteiger partial charge in [0, 0.05) is 29.6 Å². The molecule has 0 aromatic rings. The van der Waals surface area contributed by atoms with E-state index in [0.717, 1.165) is 19.1 Å². The van der Waals surface area contributed by atoms with Crippen molar-refractivity contribution in [3.8, 4) is 0 Å². The van der Waals surface area contributed by atoms with Gasteiger partial charge in [-0.15, -0.1) is 0 Å². The Hall–Kier alpha value is 0.270. The fourth-order valence-corrected chi connectivity index (χ4v) is 3.57. The van der Waals surface area contributed by atoms with E-state index in [9.17, 15) is 0 Å². The van der Waals surface area contributed by atoms with Gasteiger partial charge in [0.15, 0.2) is 0 Å². The summed E-state index contributed by atoms with van der Waals surface area (Å²) in [6.45, 7) is 14.1. The van der Waals surface area contributed by atoms with Crippen LogP contribution in [0.5, 0.6) is 0 Å². The van der Waals surface area contributed by atoms with Gasteiger partial charge in [0.2, 0.25) is 0 Å². The molecule has 2 nitrogen and oxygen atoms in total. The third kappa shape index (κ3) is 5.62. The molecule has 0 aromatic heterocycles. The summed E-state index contributed by atoms with van der Waals surface area (Å²) in [7, 11) is 0. The van der Waals surface area contributed by atoms with Crippen LogP contribution in [0.1, 0.15) is 47.0 Å². The molecule has 1 rings (SSSR count). The van der Waals surface area contributed by atoms with E-state index >= 15 is 0 Å².